The van der Waals surface area contributed by atoms with E-state index in [1.54, 1.807) is 12.4 Å². The smallest absolute Gasteiger partial charge is 0.128 e. The Morgan fingerprint density at radius 3 is 2.71 bits per heavy atom. The minimum absolute atomic E-state index is 0.0254. The van der Waals surface area contributed by atoms with Crippen molar-refractivity contribution in [1.82, 2.24) is 15.3 Å². The Bertz CT molecular complexity index is 465. The lowest BCUT2D eigenvalue weighted by atomic mass is 9.97. The first-order chi connectivity index (χ1) is 8.24. The zero-order valence-electron chi connectivity index (χ0n) is 10.0. The van der Waals surface area contributed by atoms with Crippen molar-refractivity contribution in [3.05, 3.63) is 53.5 Å². The lowest BCUT2D eigenvalue weighted by Gasteiger charge is -2.19. The maximum absolute atomic E-state index is 5.91. The molecule has 88 valence electrons. The molecule has 1 atom stereocenters. The first-order valence-electron chi connectivity index (χ1n) is 5.52. The summed E-state index contributed by atoms with van der Waals surface area (Å²) in [4.78, 5) is 8.29. The summed E-state index contributed by atoms with van der Waals surface area (Å²) in [6, 6.07) is 5.89. The Morgan fingerprint density at radius 1 is 1.24 bits per heavy atom. The van der Waals surface area contributed by atoms with Crippen LogP contribution in [0.1, 0.15) is 22.7 Å². The number of aromatic nitrogens is 2. The topological polar surface area (TPSA) is 63.8 Å². The molecule has 3 N–H and O–H groups in total. The van der Waals surface area contributed by atoms with E-state index in [1.807, 2.05) is 31.4 Å². The van der Waals surface area contributed by atoms with Gasteiger partial charge in [0.1, 0.15) is 5.82 Å². The number of anilines is 1. The Kier molecular flexibility index (Phi) is 3.35. The van der Waals surface area contributed by atoms with Crippen molar-refractivity contribution in [3.63, 3.8) is 0 Å². The van der Waals surface area contributed by atoms with Gasteiger partial charge in [0.25, 0.3) is 0 Å². The predicted octanol–water partition coefficient (Wildman–Crippen LogP) is 1.68. The number of nitrogens with two attached hydrogens (primary N) is 1. The van der Waals surface area contributed by atoms with Crippen LogP contribution < -0.4 is 11.1 Å². The molecule has 0 amide bonds. The van der Waals surface area contributed by atoms with Crippen molar-refractivity contribution >= 4 is 5.82 Å². The summed E-state index contributed by atoms with van der Waals surface area (Å²) in [7, 11) is 1.91. The van der Waals surface area contributed by atoms with Crippen molar-refractivity contribution < 1.29 is 0 Å². The highest BCUT2D eigenvalue weighted by Gasteiger charge is 2.16. The van der Waals surface area contributed by atoms with Crippen LogP contribution in [0, 0.1) is 6.92 Å². The van der Waals surface area contributed by atoms with E-state index in [2.05, 4.69) is 22.2 Å². The van der Waals surface area contributed by atoms with Crippen LogP contribution in [0.2, 0.25) is 0 Å². The van der Waals surface area contributed by atoms with Gasteiger partial charge in [-0.2, -0.15) is 0 Å². The van der Waals surface area contributed by atoms with Crippen molar-refractivity contribution in [3.8, 4) is 0 Å². The molecule has 2 rings (SSSR count). The molecule has 0 aliphatic rings. The van der Waals surface area contributed by atoms with Crippen LogP contribution >= 0.6 is 0 Å². The molecule has 2 aromatic heterocycles. The lowest BCUT2D eigenvalue weighted by molar-refractivity contribution is 0.684. The van der Waals surface area contributed by atoms with Crippen LogP contribution in [0.25, 0.3) is 0 Å². The number of rotatable bonds is 3. The number of aryl methyl sites for hydroxylation is 1. The average molecular weight is 228 g/mol. The zero-order valence-corrected chi connectivity index (χ0v) is 10.0. The lowest BCUT2D eigenvalue weighted by Crippen LogP contribution is -2.20. The molecule has 2 heterocycles. The second-order valence-electron chi connectivity index (χ2n) is 3.93. The van der Waals surface area contributed by atoms with E-state index >= 15 is 0 Å². The third-order valence-corrected chi connectivity index (χ3v) is 2.86. The van der Waals surface area contributed by atoms with Crippen LogP contribution in [-0.4, -0.2) is 17.0 Å². The molecule has 2 aromatic rings. The highest BCUT2D eigenvalue weighted by atomic mass is 14.9. The molecule has 0 aliphatic carbocycles. The van der Waals surface area contributed by atoms with E-state index in [1.165, 1.54) is 5.56 Å². The second kappa shape index (κ2) is 4.93. The molecule has 4 heteroatoms. The average Bonchev–Trinajstić information content (AvgIpc) is 2.34. The van der Waals surface area contributed by atoms with Gasteiger partial charge in [0, 0.05) is 24.2 Å². The van der Waals surface area contributed by atoms with Gasteiger partial charge in [0.15, 0.2) is 0 Å². The number of nitrogen functional groups attached to an aromatic ring is 1. The summed E-state index contributed by atoms with van der Waals surface area (Å²) < 4.78 is 0. The largest absolute Gasteiger partial charge is 0.383 e. The number of nitrogens with zero attached hydrogens (tertiary/aromatic N) is 2. The molecule has 0 radical (unpaired) electrons. The third-order valence-electron chi connectivity index (χ3n) is 2.86. The Hall–Kier alpha value is -1.94. The summed E-state index contributed by atoms with van der Waals surface area (Å²) in [6.07, 6.45) is 5.35. The number of nitrogens with one attached hydrogen (secondary N) is 1. The van der Waals surface area contributed by atoms with Gasteiger partial charge in [-0.3, -0.25) is 4.98 Å². The zero-order chi connectivity index (χ0) is 12.3. The Labute approximate surface area is 101 Å². The normalized spacial score (nSPS) is 12.4. The maximum atomic E-state index is 5.91. The summed E-state index contributed by atoms with van der Waals surface area (Å²) in [5, 5.41) is 3.26. The fourth-order valence-electron chi connectivity index (χ4n) is 1.93. The molecule has 17 heavy (non-hydrogen) atoms. The van der Waals surface area contributed by atoms with Gasteiger partial charge < -0.3 is 11.1 Å². The SMILES string of the molecule is CNC(c1cnccc1C)c1cccnc1N. The molecule has 0 saturated heterocycles. The van der Waals surface area contributed by atoms with Gasteiger partial charge in [-0.1, -0.05) is 6.07 Å². The quantitative estimate of drug-likeness (QED) is 0.839. The molecule has 4 nitrogen and oxygen atoms in total. The van der Waals surface area contributed by atoms with Crippen molar-refractivity contribution in [2.75, 3.05) is 12.8 Å². The van der Waals surface area contributed by atoms with Crippen molar-refractivity contribution in [2.24, 2.45) is 0 Å². The van der Waals surface area contributed by atoms with Gasteiger partial charge in [0.05, 0.1) is 6.04 Å². The predicted molar refractivity (Wildman–Crippen MR) is 68.5 cm³/mol. The van der Waals surface area contributed by atoms with E-state index in [-0.39, 0.29) is 6.04 Å². The van der Waals surface area contributed by atoms with Crippen molar-refractivity contribution in [1.29, 1.82) is 0 Å². The monoisotopic (exact) mass is 228 g/mol. The van der Waals surface area contributed by atoms with Crippen molar-refractivity contribution in [2.45, 2.75) is 13.0 Å². The summed E-state index contributed by atoms with van der Waals surface area (Å²) in [5.41, 5.74) is 9.19. The van der Waals surface area contributed by atoms with Gasteiger partial charge in [-0.25, -0.2) is 4.98 Å². The van der Waals surface area contributed by atoms with Crippen LogP contribution in [0.3, 0.4) is 0 Å². The molecule has 0 spiro atoms. The van der Waals surface area contributed by atoms with Gasteiger partial charge >= 0.3 is 0 Å². The standard InChI is InChI=1S/C13H16N4/c1-9-5-7-16-8-11(9)12(15-2)10-4-3-6-17-13(10)14/h3-8,12,15H,1-2H3,(H2,14,17). The van der Waals surface area contributed by atoms with Crippen LogP contribution in [-0.2, 0) is 0 Å². The fourth-order valence-corrected chi connectivity index (χ4v) is 1.93. The minimum Gasteiger partial charge on any atom is -0.383 e. The Morgan fingerprint density at radius 2 is 2.06 bits per heavy atom. The molecule has 0 fully saturated rings. The highest BCUT2D eigenvalue weighted by Crippen LogP contribution is 2.26. The maximum Gasteiger partial charge on any atom is 0.128 e. The summed E-state index contributed by atoms with van der Waals surface area (Å²) in [5.74, 6) is 0.551. The summed E-state index contributed by atoms with van der Waals surface area (Å²) in [6.45, 7) is 2.06. The minimum atomic E-state index is 0.0254. The Balaban J connectivity index is 2.48. The molecular weight excluding hydrogens is 212 g/mol. The first kappa shape index (κ1) is 11.5. The molecule has 1 unspecified atom stereocenters. The summed E-state index contributed by atoms with van der Waals surface area (Å²) >= 11 is 0. The van der Waals surface area contributed by atoms with E-state index in [4.69, 9.17) is 5.73 Å². The van der Waals surface area contributed by atoms with Crippen LogP contribution in [0.5, 0.6) is 0 Å². The van der Waals surface area contributed by atoms with Crippen LogP contribution in [0.15, 0.2) is 36.8 Å². The van der Waals surface area contributed by atoms with Gasteiger partial charge in [-0.05, 0) is 37.2 Å². The fraction of sp³-hybridized carbons (Fsp3) is 0.231. The van der Waals surface area contributed by atoms with Gasteiger partial charge in [0.2, 0.25) is 0 Å². The first-order valence-corrected chi connectivity index (χ1v) is 5.52. The van der Waals surface area contributed by atoms with E-state index in [0.29, 0.717) is 5.82 Å². The molecule has 0 saturated carbocycles. The molecular formula is C13H16N4. The highest BCUT2D eigenvalue weighted by molar-refractivity contribution is 5.46. The number of hydrogen-bond acceptors (Lipinski definition) is 4. The van der Waals surface area contributed by atoms with Crippen LogP contribution in [0.4, 0.5) is 5.82 Å². The second-order valence-corrected chi connectivity index (χ2v) is 3.93. The number of hydrogen-bond donors (Lipinski definition) is 2. The number of pyridine rings is 2. The third kappa shape index (κ3) is 2.26. The molecule has 0 aliphatic heterocycles. The molecule has 0 aromatic carbocycles. The van der Waals surface area contributed by atoms with E-state index in [0.717, 1.165) is 11.1 Å². The van der Waals surface area contributed by atoms with Gasteiger partial charge in [-0.15, -0.1) is 0 Å². The van der Waals surface area contributed by atoms with E-state index < -0.39 is 0 Å². The molecule has 0 bridgehead atoms. The van der Waals surface area contributed by atoms with E-state index in [9.17, 15) is 0 Å².